The normalized spacial score (nSPS) is 11.4. The first-order chi connectivity index (χ1) is 11.8. The van der Waals surface area contributed by atoms with Crippen LogP contribution in [-0.2, 0) is 21.2 Å². The Labute approximate surface area is 145 Å². The molecule has 2 aromatic carbocycles. The van der Waals surface area contributed by atoms with E-state index >= 15 is 0 Å². The first-order valence-corrected chi connectivity index (χ1v) is 9.54. The van der Waals surface area contributed by atoms with Crippen LogP contribution in [0.1, 0.15) is 11.1 Å². The fourth-order valence-electron chi connectivity index (χ4n) is 2.58. The summed E-state index contributed by atoms with van der Waals surface area (Å²) < 4.78 is 30.8. The molecular formula is C18H18N2O4S. The molecule has 6 nitrogen and oxygen atoms in total. The van der Waals surface area contributed by atoms with Crippen LogP contribution in [0.15, 0.2) is 53.1 Å². The van der Waals surface area contributed by atoms with Gasteiger partial charge in [0.25, 0.3) is 0 Å². The zero-order valence-electron chi connectivity index (χ0n) is 13.9. The first-order valence-electron chi connectivity index (χ1n) is 7.65. The van der Waals surface area contributed by atoms with Gasteiger partial charge in [-0.2, -0.15) is 0 Å². The average molecular weight is 358 g/mol. The van der Waals surface area contributed by atoms with Gasteiger partial charge in [0, 0.05) is 10.9 Å². The number of anilines is 2. The molecule has 0 saturated carbocycles. The second-order valence-corrected chi connectivity index (χ2v) is 7.65. The van der Waals surface area contributed by atoms with Crippen molar-refractivity contribution in [1.82, 2.24) is 0 Å². The highest BCUT2D eigenvalue weighted by Gasteiger charge is 2.13. The molecule has 0 radical (unpaired) electrons. The highest BCUT2D eigenvalue weighted by molar-refractivity contribution is 7.92. The monoisotopic (exact) mass is 358 g/mol. The minimum absolute atomic E-state index is 0.128. The summed E-state index contributed by atoms with van der Waals surface area (Å²) in [5.41, 5.74) is 3.33. The lowest BCUT2D eigenvalue weighted by molar-refractivity contribution is -0.115. The molecule has 0 aliphatic heterocycles. The van der Waals surface area contributed by atoms with E-state index in [0.29, 0.717) is 11.4 Å². The highest BCUT2D eigenvalue weighted by atomic mass is 32.2. The van der Waals surface area contributed by atoms with Gasteiger partial charge in [-0.25, -0.2) is 8.42 Å². The van der Waals surface area contributed by atoms with Crippen molar-refractivity contribution in [1.29, 1.82) is 0 Å². The molecule has 7 heteroatoms. The lowest BCUT2D eigenvalue weighted by Crippen LogP contribution is -2.17. The Balaban J connectivity index is 1.79. The highest BCUT2D eigenvalue weighted by Crippen LogP contribution is 2.25. The summed E-state index contributed by atoms with van der Waals surface area (Å²) in [6.45, 7) is 1.97. The van der Waals surface area contributed by atoms with Gasteiger partial charge in [-0.15, -0.1) is 0 Å². The molecule has 1 amide bonds. The van der Waals surface area contributed by atoms with Crippen LogP contribution in [0, 0.1) is 6.92 Å². The zero-order valence-corrected chi connectivity index (χ0v) is 14.7. The van der Waals surface area contributed by atoms with E-state index < -0.39 is 10.0 Å². The standard InChI is InChI=1S/C18H18N2O4S/c1-12-7-8-14-13(11-24-17(14)9-12)10-18(21)19-15-5-3-4-6-16(15)20-25(2,22)23/h3-9,11,20H,10H2,1-2H3,(H,19,21). The Morgan fingerprint density at radius 1 is 1.12 bits per heavy atom. The van der Waals surface area contributed by atoms with Crippen molar-refractivity contribution in [3.63, 3.8) is 0 Å². The number of benzene rings is 2. The number of aryl methyl sites for hydroxylation is 1. The van der Waals surface area contributed by atoms with Crippen LogP contribution in [0.4, 0.5) is 11.4 Å². The van der Waals surface area contributed by atoms with Gasteiger partial charge in [0.05, 0.1) is 30.3 Å². The van der Waals surface area contributed by atoms with Crippen LogP contribution in [0.5, 0.6) is 0 Å². The Morgan fingerprint density at radius 2 is 1.84 bits per heavy atom. The van der Waals surface area contributed by atoms with E-state index in [1.54, 1.807) is 30.5 Å². The molecule has 0 atom stereocenters. The summed E-state index contributed by atoms with van der Waals surface area (Å²) in [6, 6.07) is 12.5. The number of hydrogen-bond donors (Lipinski definition) is 2. The molecule has 25 heavy (non-hydrogen) atoms. The molecule has 0 spiro atoms. The maximum absolute atomic E-state index is 12.4. The number of carbonyl (C=O) groups excluding carboxylic acids is 1. The summed E-state index contributed by atoms with van der Waals surface area (Å²) >= 11 is 0. The maximum Gasteiger partial charge on any atom is 0.229 e. The summed E-state index contributed by atoms with van der Waals surface area (Å²) in [5.74, 6) is -0.258. The van der Waals surface area contributed by atoms with Crippen LogP contribution in [0.2, 0.25) is 0 Å². The molecule has 2 N–H and O–H groups in total. The van der Waals surface area contributed by atoms with E-state index in [1.807, 2.05) is 25.1 Å². The minimum atomic E-state index is -3.43. The van der Waals surface area contributed by atoms with Crippen molar-refractivity contribution in [2.75, 3.05) is 16.3 Å². The van der Waals surface area contributed by atoms with Crippen LogP contribution in [0.25, 0.3) is 11.0 Å². The largest absolute Gasteiger partial charge is 0.464 e. The fraction of sp³-hybridized carbons (Fsp3) is 0.167. The molecule has 0 aliphatic rings. The third kappa shape index (κ3) is 4.19. The number of rotatable bonds is 5. The van der Waals surface area contributed by atoms with Crippen molar-refractivity contribution in [2.45, 2.75) is 13.3 Å². The Hall–Kier alpha value is -2.80. The van der Waals surface area contributed by atoms with Gasteiger partial charge in [0.2, 0.25) is 15.9 Å². The van der Waals surface area contributed by atoms with Crippen molar-refractivity contribution < 1.29 is 17.6 Å². The quantitative estimate of drug-likeness (QED) is 0.732. The van der Waals surface area contributed by atoms with E-state index in [0.717, 1.165) is 28.4 Å². The van der Waals surface area contributed by atoms with Crippen LogP contribution >= 0.6 is 0 Å². The van der Waals surface area contributed by atoms with E-state index in [1.165, 1.54) is 0 Å². The summed E-state index contributed by atoms with van der Waals surface area (Å²) in [6.07, 6.45) is 2.76. The topological polar surface area (TPSA) is 88.4 Å². The Kier molecular flexibility index (Phi) is 4.50. The van der Waals surface area contributed by atoms with Crippen molar-refractivity contribution in [3.05, 3.63) is 59.9 Å². The summed E-state index contributed by atoms with van der Waals surface area (Å²) in [4.78, 5) is 12.4. The molecule has 0 bridgehead atoms. The van der Waals surface area contributed by atoms with Gasteiger partial charge >= 0.3 is 0 Å². The Morgan fingerprint density at radius 3 is 2.56 bits per heavy atom. The number of hydrogen-bond acceptors (Lipinski definition) is 4. The molecular weight excluding hydrogens is 340 g/mol. The van der Waals surface area contributed by atoms with Crippen molar-refractivity contribution in [3.8, 4) is 0 Å². The molecule has 0 aliphatic carbocycles. The van der Waals surface area contributed by atoms with Crippen molar-refractivity contribution in [2.24, 2.45) is 0 Å². The van der Waals surface area contributed by atoms with Crippen LogP contribution < -0.4 is 10.0 Å². The summed E-state index contributed by atoms with van der Waals surface area (Å²) in [7, 11) is -3.43. The van der Waals surface area contributed by atoms with Crippen LogP contribution in [0.3, 0.4) is 0 Å². The predicted octanol–water partition coefficient (Wildman–Crippen LogP) is 3.29. The summed E-state index contributed by atoms with van der Waals surface area (Å²) in [5, 5.41) is 3.63. The molecule has 0 saturated heterocycles. The van der Waals surface area contributed by atoms with E-state index in [4.69, 9.17) is 4.42 Å². The SMILES string of the molecule is Cc1ccc2c(CC(=O)Nc3ccccc3NS(C)(=O)=O)coc2c1. The number of amides is 1. The van der Waals surface area contributed by atoms with Gasteiger partial charge in [-0.3, -0.25) is 9.52 Å². The maximum atomic E-state index is 12.4. The molecule has 0 fully saturated rings. The lowest BCUT2D eigenvalue weighted by Gasteiger charge is -2.11. The van der Waals surface area contributed by atoms with Gasteiger partial charge in [-0.05, 0) is 30.7 Å². The minimum Gasteiger partial charge on any atom is -0.464 e. The molecule has 3 aromatic rings. The number of furan rings is 1. The van der Waals surface area contributed by atoms with Gasteiger partial charge in [-0.1, -0.05) is 24.3 Å². The number of nitrogens with one attached hydrogen (secondary N) is 2. The van der Waals surface area contributed by atoms with E-state index in [9.17, 15) is 13.2 Å². The fourth-order valence-corrected chi connectivity index (χ4v) is 3.15. The lowest BCUT2D eigenvalue weighted by atomic mass is 10.1. The number of fused-ring (bicyclic) bond motifs is 1. The Bertz CT molecular complexity index is 1040. The second-order valence-electron chi connectivity index (χ2n) is 5.91. The van der Waals surface area contributed by atoms with Crippen LogP contribution in [-0.4, -0.2) is 20.6 Å². The second kappa shape index (κ2) is 6.60. The number of para-hydroxylation sites is 2. The van der Waals surface area contributed by atoms with E-state index in [-0.39, 0.29) is 12.3 Å². The molecule has 3 rings (SSSR count). The van der Waals surface area contributed by atoms with Crippen molar-refractivity contribution >= 4 is 38.3 Å². The smallest absolute Gasteiger partial charge is 0.229 e. The molecule has 0 unspecified atom stereocenters. The van der Waals surface area contributed by atoms with E-state index in [2.05, 4.69) is 10.0 Å². The van der Waals surface area contributed by atoms with Gasteiger partial charge in [0.15, 0.2) is 0 Å². The van der Waals surface area contributed by atoms with Gasteiger partial charge < -0.3 is 9.73 Å². The number of sulfonamides is 1. The third-order valence-corrected chi connectivity index (χ3v) is 4.25. The molecule has 1 heterocycles. The average Bonchev–Trinajstić information content (AvgIpc) is 2.90. The number of carbonyl (C=O) groups is 1. The molecule has 130 valence electrons. The third-order valence-electron chi connectivity index (χ3n) is 3.66. The predicted molar refractivity (Wildman–Crippen MR) is 98.2 cm³/mol. The zero-order chi connectivity index (χ0) is 18.0. The van der Waals surface area contributed by atoms with Gasteiger partial charge in [0.1, 0.15) is 5.58 Å². The molecule has 1 aromatic heterocycles. The first kappa shape index (κ1) is 17.0.